The lowest BCUT2D eigenvalue weighted by Gasteiger charge is -2.10. The summed E-state index contributed by atoms with van der Waals surface area (Å²) in [4.78, 5) is 8.90. The summed E-state index contributed by atoms with van der Waals surface area (Å²) in [7, 11) is 0. The first-order valence-electron chi connectivity index (χ1n) is 8.72. The zero-order valence-electron chi connectivity index (χ0n) is 15.1. The molecule has 0 saturated heterocycles. The minimum atomic E-state index is -0.181. The second-order valence-corrected chi connectivity index (χ2v) is 6.33. The summed E-state index contributed by atoms with van der Waals surface area (Å²) in [5.74, 6) is 1.14. The van der Waals surface area contributed by atoms with Gasteiger partial charge in [-0.3, -0.25) is 0 Å². The van der Waals surface area contributed by atoms with Crippen LogP contribution in [0.15, 0.2) is 54.6 Å². The third kappa shape index (κ3) is 5.02. The Morgan fingerprint density at radius 3 is 2.58 bits per heavy atom. The average molecular weight is 350 g/mol. The summed E-state index contributed by atoms with van der Waals surface area (Å²) in [6, 6.07) is 17.1. The van der Waals surface area contributed by atoms with Crippen molar-refractivity contribution in [3.8, 4) is 0 Å². The molecular formula is C21H23FN4. The first-order chi connectivity index (χ1) is 12.6. The van der Waals surface area contributed by atoms with E-state index >= 15 is 0 Å². The van der Waals surface area contributed by atoms with Gasteiger partial charge in [-0.25, -0.2) is 9.37 Å². The topological polar surface area (TPSA) is 49.8 Å². The van der Waals surface area contributed by atoms with Crippen LogP contribution >= 0.6 is 0 Å². The number of hydrogen-bond donors (Lipinski definition) is 2. The number of anilines is 2. The van der Waals surface area contributed by atoms with Gasteiger partial charge in [0.25, 0.3) is 0 Å². The van der Waals surface area contributed by atoms with Crippen molar-refractivity contribution < 1.29 is 4.39 Å². The van der Waals surface area contributed by atoms with Crippen LogP contribution in [0.4, 0.5) is 16.2 Å². The molecule has 2 aromatic carbocycles. The number of aryl methyl sites for hydroxylation is 2. The Morgan fingerprint density at radius 1 is 0.923 bits per heavy atom. The van der Waals surface area contributed by atoms with Crippen molar-refractivity contribution in [2.75, 3.05) is 17.2 Å². The Morgan fingerprint density at radius 2 is 1.77 bits per heavy atom. The Labute approximate surface area is 153 Å². The second-order valence-electron chi connectivity index (χ2n) is 6.33. The molecule has 26 heavy (non-hydrogen) atoms. The number of nitrogens with zero attached hydrogens (tertiary/aromatic N) is 2. The van der Waals surface area contributed by atoms with Crippen molar-refractivity contribution in [3.63, 3.8) is 0 Å². The number of aromatic nitrogens is 2. The molecule has 134 valence electrons. The van der Waals surface area contributed by atoms with Gasteiger partial charge in [-0.2, -0.15) is 4.98 Å². The summed E-state index contributed by atoms with van der Waals surface area (Å²) in [6.45, 7) is 5.28. The maximum absolute atomic E-state index is 13.7. The van der Waals surface area contributed by atoms with E-state index in [-0.39, 0.29) is 5.82 Å². The molecule has 0 unspecified atom stereocenters. The molecule has 0 atom stereocenters. The molecule has 0 spiro atoms. The fraction of sp³-hybridized carbons (Fsp3) is 0.238. The summed E-state index contributed by atoms with van der Waals surface area (Å²) in [5.41, 5.74) is 4.00. The Bertz CT molecular complexity index is 879. The molecular weight excluding hydrogens is 327 g/mol. The quantitative estimate of drug-likeness (QED) is 0.659. The van der Waals surface area contributed by atoms with Crippen LogP contribution in [-0.2, 0) is 13.0 Å². The summed E-state index contributed by atoms with van der Waals surface area (Å²) < 4.78 is 13.7. The molecule has 0 bridgehead atoms. The van der Waals surface area contributed by atoms with E-state index in [4.69, 9.17) is 0 Å². The van der Waals surface area contributed by atoms with Crippen LogP contribution in [-0.4, -0.2) is 16.5 Å². The van der Waals surface area contributed by atoms with Gasteiger partial charge in [-0.15, -0.1) is 0 Å². The molecule has 1 aromatic heterocycles. The fourth-order valence-corrected chi connectivity index (χ4v) is 2.76. The lowest BCUT2D eigenvalue weighted by molar-refractivity contribution is 0.610. The van der Waals surface area contributed by atoms with Crippen molar-refractivity contribution >= 4 is 11.8 Å². The highest BCUT2D eigenvalue weighted by Crippen LogP contribution is 2.13. The van der Waals surface area contributed by atoms with Crippen LogP contribution < -0.4 is 10.6 Å². The molecule has 0 aliphatic carbocycles. The normalized spacial score (nSPS) is 10.6. The first-order valence-corrected chi connectivity index (χ1v) is 8.72. The minimum absolute atomic E-state index is 0.181. The number of hydrogen-bond acceptors (Lipinski definition) is 4. The van der Waals surface area contributed by atoms with Crippen LogP contribution in [0.25, 0.3) is 0 Å². The predicted molar refractivity (Wildman–Crippen MR) is 104 cm³/mol. The predicted octanol–water partition coefficient (Wildman–Crippen LogP) is 4.50. The van der Waals surface area contributed by atoms with Crippen LogP contribution in [0.1, 0.15) is 22.4 Å². The van der Waals surface area contributed by atoms with Gasteiger partial charge in [-0.05, 0) is 37.5 Å². The molecule has 0 aliphatic heterocycles. The van der Waals surface area contributed by atoms with E-state index in [1.807, 2.05) is 25.1 Å². The summed E-state index contributed by atoms with van der Waals surface area (Å²) >= 11 is 0. The van der Waals surface area contributed by atoms with E-state index in [0.29, 0.717) is 31.0 Å². The van der Waals surface area contributed by atoms with E-state index in [0.717, 1.165) is 11.5 Å². The summed E-state index contributed by atoms with van der Waals surface area (Å²) in [6.07, 6.45) is 0.579. The number of nitrogens with one attached hydrogen (secondary N) is 2. The highest BCUT2D eigenvalue weighted by molar-refractivity contribution is 5.43. The van der Waals surface area contributed by atoms with Crippen molar-refractivity contribution in [1.29, 1.82) is 0 Å². The molecule has 1 heterocycles. The van der Waals surface area contributed by atoms with Crippen LogP contribution in [0.2, 0.25) is 0 Å². The maximum atomic E-state index is 13.7. The van der Waals surface area contributed by atoms with Gasteiger partial charge in [0.15, 0.2) is 0 Å². The van der Waals surface area contributed by atoms with Gasteiger partial charge >= 0.3 is 0 Å². The highest BCUT2D eigenvalue weighted by Gasteiger charge is 2.04. The lowest BCUT2D eigenvalue weighted by atomic mass is 10.1. The first kappa shape index (κ1) is 17.9. The fourth-order valence-electron chi connectivity index (χ4n) is 2.76. The number of benzene rings is 2. The van der Waals surface area contributed by atoms with Gasteiger partial charge in [0.05, 0.1) is 0 Å². The SMILES string of the molecule is Cc1cccc(CNc2cc(C)nc(NCCc3ccccc3F)n2)c1. The zero-order valence-corrected chi connectivity index (χ0v) is 15.1. The maximum Gasteiger partial charge on any atom is 0.224 e. The smallest absolute Gasteiger partial charge is 0.224 e. The van der Waals surface area contributed by atoms with E-state index in [9.17, 15) is 4.39 Å². The Hall–Kier alpha value is -2.95. The average Bonchev–Trinajstić information content (AvgIpc) is 2.61. The Balaban J connectivity index is 1.59. The molecule has 2 N–H and O–H groups in total. The van der Waals surface area contributed by atoms with E-state index in [1.165, 1.54) is 17.2 Å². The van der Waals surface area contributed by atoms with Crippen LogP contribution in [0.3, 0.4) is 0 Å². The van der Waals surface area contributed by atoms with Gasteiger partial charge in [-0.1, -0.05) is 48.0 Å². The molecule has 3 rings (SSSR count). The zero-order chi connectivity index (χ0) is 18.4. The summed E-state index contributed by atoms with van der Waals surface area (Å²) in [5, 5.41) is 6.52. The molecule has 5 heteroatoms. The molecule has 0 fully saturated rings. The molecule has 0 radical (unpaired) electrons. The van der Waals surface area contributed by atoms with Crippen molar-refractivity contribution in [2.45, 2.75) is 26.8 Å². The van der Waals surface area contributed by atoms with Crippen molar-refractivity contribution in [1.82, 2.24) is 9.97 Å². The van der Waals surface area contributed by atoms with Crippen molar-refractivity contribution in [2.24, 2.45) is 0 Å². The van der Waals surface area contributed by atoms with Gasteiger partial charge in [0.1, 0.15) is 11.6 Å². The molecule has 0 aliphatic rings. The van der Waals surface area contributed by atoms with Gasteiger partial charge < -0.3 is 10.6 Å². The largest absolute Gasteiger partial charge is 0.366 e. The molecule has 4 nitrogen and oxygen atoms in total. The van der Waals surface area contributed by atoms with E-state index in [1.54, 1.807) is 12.1 Å². The molecule has 0 amide bonds. The molecule has 0 saturated carbocycles. The monoisotopic (exact) mass is 350 g/mol. The standard InChI is InChI=1S/C21H23FN4/c1-15-6-5-7-17(12-15)14-24-20-13-16(2)25-21(26-20)23-11-10-18-8-3-4-9-19(18)22/h3-9,12-13H,10-11,14H2,1-2H3,(H2,23,24,25,26). The van der Waals surface area contributed by atoms with Gasteiger partial charge in [0.2, 0.25) is 5.95 Å². The van der Waals surface area contributed by atoms with Crippen LogP contribution in [0, 0.1) is 19.7 Å². The van der Waals surface area contributed by atoms with E-state index < -0.39 is 0 Å². The van der Waals surface area contributed by atoms with Gasteiger partial charge in [0, 0.05) is 24.8 Å². The third-order valence-corrected chi connectivity index (χ3v) is 4.05. The van der Waals surface area contributed by atoms with E-state index in [2.05, 4.69) is 45.7 Å². The minimum Gasteiger partial charge on any atom is -0.366 e. The Kier molecular flexibility index (Phi) is 5.79. The van der Waals surface area contributed by atoms with Crippen LogP contribution in [0.5, 0.6) is 0 Å². The highest BCUT2D eigenvalue weighted by atomic mass is 19.1. The van der Waals surface area contributed by atoms with Crippen molar-refractivity contribution in [3.05, 3.63) is 82.8 Å². The second kappa shape index (κ2) is 8.43. The lowest BCUT2D eigenvalue weighted by Crippen LogP contribution is -2.11. The third-order valence-electron chi connectivity index (χ3n) is 4.05. The number of halogens is 1. The molecule has 3 aromatic rings. The number of rotatable bonds is 7.